The van der Waals surface area contributed by atoms with Gasteiger partial charge in [-0.2, -0.15) is 13.2 Å². The molecule has 2 aromatic carbocycles. The maximum Gasteiger partial charge on any atom is 0.416 e. The summed E-state index contributed by atoms with van der Waals surface area (Å²) in [6.07, 6.45) is -1.29. The molecule has 0 unspecified atom stereocenters. The molecular weight excluding hydrogens is 371 g/mol. The number of benzene rings is 2. The number of amides is 1. The van der Waals surface area contributed by atoms with Gasteiger partial charge < -0.3 is 10.3 Å². The fourth-order valence-corrected chi connectivity index (χ4v) is 2.88. The average molecular weight is 385 g/mol. The monoisotopic (exact) mass is 385 g/mol. The summed E-state index contributed by atoms with van der Waals surface area (Å²) in [5.41, 5.74) is 1.84. The van der Waals surface area contributed by atoms with Crippen LogP contribution in [0, 0.1) is 0 Å². The van der Waals surface area contributed by atoms with Crippen molar-refractivity contribution in [2.45, 2.75) is 12.7 Å². The Hall–Kier alpha value is -3.62. The fraction of sp³-hybridized carbons (Fsp3) is 0.105. The van der Waals surface area contributed by atoms with E-state index in [4.69, 9.17) is 0 Å². The van der Waals surface area contributed by atoms with Crippen LogP contribution in [0.25, 0.3) is 17.1 Å². The highest BCUT2D eigenvalue weighted by molar-refractivity contribution is 6.13. The lowest BCUT2D eigenvalue weighted by Gasteiger charge is -2.13. The molecular formula is C19H14F3N5O. The molecule has 0 radical (unpaired) electrons. The van der Waals surface area contributed by atoms with Crippen molar-refractivity contribution < 1.29 is 18.0 Å². The summed E-state index contributed by atoms with van der Waals surface area (Å²) in [5, 5.41) is 5.26. The smallest absolute Gasteiger partial charge is 0.352 e. The van der Waals surface area contributed by atoms with Crippen LogP contribution in [0.1, 0.15) is 16.7 Å². The summed E-state index contributed by atoms with van der Waals surface area (Å²) in [4.78, 5) is 23.4. The van der Waals surface area contributed by atoms with Crippen LogP contribution in [0.15, 0.2) is 59.5 Å². The Morgan fingerprint density at radius 2 is 1.96 bits per heavy atom. The predicted octanol–water partition coefficient (Wildman–Crippen LogP) is 3.20. The molecule has 0 bridgehead atoms. The second-order valence-corrected chi connectivity index (χ2v) is 6.13. The molecule has 2 heterocycles. The number of H-pyrrole nitrogens is 1. The van der Waals surface area contributed by atoms with Crippen molar-refractivity contribution in [3.05, 3.63) is 71.2 Å². The molecule has 0 fully saturated rings. The number of alkyl halides is 3. The number of hydrogen-bond donors (Lipinski definition) is 3. The number of aliphatic imine (C=N–C) groups is 1. The number of carbonyl (C=O) groups is 1. The molecule has 0 aliphatic carbocycles. The zero-order chi connectivity index (χ0) is 19.7. The SMILES string of the molecule is O=C1NC(NCc2ccccc2C(F)(F)F)=N/C1=C\c1ccc2[nH]cnc2c1. The summed E-state index contributed by atoms with van der Waals surface area (Å²) in [7, 11) is 0. The van der Waals surface area contributed by atoms with Gasteiger partial charge in [0.1, 0.15) is 5.70 Å². The van der Waals surface area contributed by atoms with Gasteiger partial charge in [-0.25, -0.2) is 9.98 Å². The van der Waals surface area contributed by atoms with E-state index in [0.717, 1.165) is 22.7 Å². The maximum absolute atomic E-state index is 13.1. The van der Waals surface area contributed by atoms with Crippen LogP contribution in [-0.2, 0) is 17.5 Å². The average Bonchev–Trinajstić information content (AvgIpc) is 3.26. The number of nitrogens with one attached hydrogen (secondary N) is 3. The number of rotatable bonds is 3. The third kappa shape index (κ3) is 3.59. The quantitative estimate of drug-likeness (QED) is 0.606. The van der Waals surface area contributed by atoms with E-state index in [0.29, 0.717) is 0 Å². The Kier molecular flexibility index (Phi) is 4.34. The molecule has 3 aromatic rings. The summed E-state index contributed by atoms with van der Waals surface area (Å²) in [6, 6.07) is 10.7. The minimum absolute atomic E-state index is 0.0633. The number of halogens is 3. The van der Waals surface area contributed by atoms with Crippen LogP contribution < -0.4 is 10.6 Å². The molecule has 1 amide bonds. The normalized spacial score (nSPS) is 15.8. The molecule has 1 aromatic heterocycles. The van der Waals surface area contributed by atoms with E-state index >= 15 is 0 Å². The van der Waals surface area contributed by atoms with Crippen molar-refractivity contribution in [3.63, 3.8) is 0 Å². The van der Waals surface area contributed by atoms with E-state index in [-0.39, 0.29) is 23.8 Å². The molecule has 0 saturated heterocycles. The number of aromatic nitrogens is 2. The van der Waals surface area contributed by atoms with E-state index in [9.17, 15) is 18.0 Å². The Bertz CT molecular complexity index is 1110. The molecule has 6 nitrogen and oxygen atoms in total. The Morgan fingerprint density at radius 1 is 1.14 bits per heavy atom. The van der Waals surface area contributed by atoms with Crippen LogP contribution >= 0.6 is 0 Å². The predicted molar refractivity (Wildman–Crippen MR) is 97.9 cm³/mol. The van der Waals surface area contributed by atoms with Crippen molar-refractivity contribution in [3.8, 4) is 0 Å². The van der Waals surface area contributed by atoms with Gasteiger partial charge in [-0.15, -0.1) is 0 Å². The van der Waals surface area contributed by atoms with E-state index < -0.39 is 17.6 Å². The van der Waals surface area contributed by atoms with E-state index in [1.165, 1.54) is 18.2 Å². The van der Waals surface area contributed by atoms with Gasteiger partial charge in [-0.3, -0.25) is 10.1 Å². The first-order valence-corrected chi connectivity index (χ1v) is 8.34. The topological polar surface area (TPSA) is 82.2 Å². The molecule has 0 saturated carbocycles. The van der Waals surface area contributed by atoms with Gasteiger partial charge in [0.25, 0.3) is 5.91 Å². The van der Waals surface area contributed by atoms with Crippen molar-refractivity contribution in [2.75, 3.05) is 0 Å². The molecule has 1 aliphatic heterocycles. The summed E-state index contributed by atoms with van der Waals surface area (Å²) >= 11 is 0. The highest BCUT2D eigenvalue weighted by Crippen LogP contribution is 2.31. The third-order valence-corrected chi connectivity index (χ3v) is 4.21. The number of aromatic amines is 1. The molecule has 1 aliphatic rings. The lowest BCUT2D eigenvalue weighted by molar-refractivity contribution is -0.138. The summed E-state index contributed by atoms with van der Waals surface area (Å²) in [6.45, 7) is -0.124. The molecule has 28 heavy (non-hydrogen) atoms. The third-order valence-electron chi connectivity index (χ3n) is 4.21. The zero-order valence-corrected chi connectivity index (χ0v) is 14.3. The van der Waals surface area contributed by atoms with Crippen LogP contribution in [0.4, 0.5) is 13.2 Å². The largest absolute Gasteiger partial charge is 0.416 e. The van der Waals surface area contributed by atoms with Crippen LogP contribution in [0.5, 0.6) is 0 Å². The second-order valence-electron chi connectivity index (χ2n) is 6.13. The van der Waals surface area contributed by atoms with Crippen LogP contribution in [0.3, 0.4) is 0 Å². The molecule has 3 N–H and O–H groups in total. The lowest BCUT2D eigenvalue weighted by atomic mass is 10.1. The maximum atomic E-state index is 13.1. The van der Waals surface area contributed by atoms with Gasteiger partial charge >= 0.3 is 6.18 Å². The Labute approximate surface area is 157 Å². The minimum Gasteiger partial charge on any atom is -0.352 e. The van der Waals surface area contributed by atoms with Gasteiger partial charge in [0.2, 0.25) is 5.96 Å². The first-order valence-electron chi connectivity index (χ1n) is 8.34. The highest BCUT2D eigenvalue weighted by Gasteiger charge is 2.33. The number of nitrogens with zero attached hydrogens (tertiary/aromatic N) is 2. The summed E-state index contributed by atoms with van der Waals surface area (Å²) < 4.78 is 39.2. The highest BCUT2D eigenvalue weighted by atomic mass is 19.4. The number of carbonyl (C=O) groups excluding carboxylic acids is 1. The molecule has 4 rings (SSSR count). The van der Waals surface area contributed by atoms with E-state index in [2.05, 4.69) is 25.6 Å². The van der Waals surface area contributed by atoms with Gasteiger partial charge in [0.15, 0.2) is 0 Å². The van der Waals surface area contributed by atoms with Gasteiger partial charge in [-0.05, 0) is 35.4 Å². The lowest BCUT2D eigenvalue weighted by Crippen LogP contribution is -2.36. The van der Waals surface area contributed by atoms with Gasteiger partial charge in [0.05, 0.1) is 22.9 Å². The zero-order valence-electron chi connectivity index (χ0n) is 14.3. The van der Waals surface area contributed by atoms with Crippen molar-refractivity contribution in [1.29, 1.82) is 0 Å². The number of hydrogen-bond acceptors (Lipinski definition) is 4. The second kappa shape index (κ2) is 6.84. The number of guanidine groups is 1. The Morgan fingerprint density at radius 3 is 2.79 bits per heavy atom. The standard InChI is InChI=1S/C19H14F3N5O/c20-19(21,22)13-4-2-1-3-12(13)9-23-18-26-16(17(28)27-18)8-11-5-6-14-15(7-11)25-10-24-14/h1-8,10H,9H2,(H,24,25)(H2,23,26,27,28)/b16-8-. The number of imidazole rings is 1. The first kappa shape index (κ1) is 17.8. The van der Waals surface area contributed by atoms with Crippen molar-refractivity contribution in [1.82, 2.24) is 20.6 Å². The molecule has 0 atom stereocenters. The molecule has 0 spiro atoms. The van der Waals surface area contributed by atoms with Crippen LogP contribution in [0.2, 0.25) is 0 Å². The van der Waals surface area contributed by atoms with Gasteiger partial charge in [0, 0.05) is 6.54 Å². The van der Waals surface area contributed by atoms with Crippen LogP contribution in [-0.4, -0.2) is 21.8 Å². The molecule has 142 valence electrons. The number of fused-ring (bicyclic) bond motifs is 1. The molecule has 9 heteroatoms. The summed E-state index contributed by atoms with van der Waals surface area (Å²) in [5.74, 6) is -0.331. The minimum atomic E-state index is -4.45. The van der Waals surface area contributed by atoms with Crippen molar-refractivity contribution in [2.24, 2.45) is 4.99 Å². The van der Waals surface area contributed by atoms with E-state index in [1.54, 1.807) is 24.5 Å². The first-order chi connectivity index (χ1) is 13.4. The Balaban J connectivity index is 1.52. The fourth-order valence-electron chi connectivity index (χ4n) is 2.88. The van der Waals surface area contributed by atoms with Crippen molar-refractivity contribution >= 4 is 29.0 Å². The van der Waals surface area contributed by atoms with Gasteiger partial charge in [-0.1, -0.05) is 24.3 Å². The van der Waals surface area contributed by atoms with E-state index in [1.807, 2.05) is 6.07 Å².